The first-order valence-electron chi connectivity index (χ1n) is 6.69. The number of amides is 1. The van der Waals surface area contributed by atoms with Crippen LogP contribution in [0.1, 0.15) is 16.1 Å². The molecule has 5 heteroatoms. The molecule has 2 aromatic heterocycles. The standard InChI is InChI=1S/C16H15FN2OS/c1-10-13(14-7-11(17)4-5-15(14)19-10)8-16(20)18-9-12-3-2-6-21-12/h2-7,19H,8-9H2,1H3,(H,18,20). The Balaban J connectivity index is 1.76. The van der Waals surface area contributed by atoms with Crippen molar-refractivity contribution in [1.29, 1.82) is 0 Å². The molecule has 0 saturated carbocycles. The van der Waals surface area contributed by atoms with Crippen LogP contribution in [0.5, 0.6) is 0 Å². The van der Waals surface area contributed by atoms with Crippen molar-refractivity contribution in [1.82, 2.24) is 10.3 Å². The molecule has 2 N–H and O–H groups in total. The monoisotopic (exact) mass is 302 g/mol. The van der Waals surface area contributed by atoms with E-state index in [2.05, 4.69) is 10.3 Å². The number of fused-ring (bicyclic) bond motifs is 1. The van der Waals surface area contributed by atoms with Gasteiger partial charge in [0.2, 0.25) is 5.91 Å². The quantitative estimate of drug-likeness (QED) is 0.761. The summed E-state index contributed by atoms with van der Waals surface area (Å²) in [6.07, 6.45) is 0.251. The van der Waals surface area contributed by atoms with E-state index in [4.69, 9.17) is 0 Å². The minimum Gasteiger partial charge on any atom is -0.358 e. The van der Waals surface area contributed by atoms with Gasteiger partial charge >= 0.3 is 0 Å². The lowest BCUT2D eigenvalue weighted by Gasteiger charge is -2.04. The van der Waals surface area contributed by atoms with E-state index in [1.54, 1.807) is 17.4 Å². The predicted molar refractivity (Wildman–Crippen MR) is 82.9 cm³/mol. The lowest BCUT2D eigenvalue weighted by atomic mass is 10.1. The van der Waals surface area contributed by atoms with E-state index < -0.39 is 0 Å². The van der Waals surface area contributed by atoms with E-state index >= 15 is 0 Å². The number of rotatable bonds is 4. The Labute approximate surface area is 125 Å². The first-order chi connectivity index (χ1) is 10.1. The third-order valence-electron chi connectivity index (χ3n) is 3.46. The second-order valence-corrected chi connectivity index (χ2v) is 5.98. The summed E-state index contributed by atoms with van der Waals surface area (Å²) >= 11 is 1.61. The zero-order valence-electron chi connectivity index (χ0n) is 11.6. The van der Waals surface area contributed by atoms with Gasteiger partial charge in [-0.2, -0.15) is 0 Å². The largest absolute Gasteiger partial charge is 0.358 e. The summed E-state index contributed by atoms with van der Waals surface area (Å²) in [6, 6.07) is 8.53. The van der Waals surface area contributed by atoms with Crippen molar-refractivity contribution < 1.29 is 9.18 Å². The lowest BCUT2D eigenvalue weighted by Crippen LogP contribution is -2.24. The molecule has 0 spiro atoms. The maximum absolute atomic E-state index is 13.4. The second kappa shape index (κ2) is 5.69. The molecule has 108 valence electrons. The summed E-state index contributed by atoms with van der Waals surface area (Å²) in [4.78, 5) is 16.4. The van der Waals surface area contributed by atoms with Gasteiger partial charge < -0.3 is 10.3 Å². The molecule has 1 aromatic carbocycles. The van der Waals surface area contributed by atoms with Crippen LogP contribution in [0.25, 0.3) is 10.9 Å². The predicted octanol–water partition coefficient (Wildman–Crippen LogP) is 3.54. The molecule has 0 fully saturated rings. The average Bonchev–Trinajstić information content (AvgIpc) is 3.06. The Kier molecular flexibility index (Phi) is 3.75. The van der Waals surface area contributed by atoms with Crippen molar-refractivity contribution >= 4 is 28.1 Å². The summed E-state index contributed by atoms with van der Waals surface area (Å²) in [5.74, 6) is -0.349. The fourth-order valence-corrected chi connectivity index (χ4v) is 3.05. The van der Waals surface area contributed by atoms with E-state index in [0.717, 1.165) is 27.0 Å². The van der Waals surface area contributed by atoms with Crippen molar-refractivity contribution in [3.05, 3.63) is 57.7 Å². The van der Waals surface area contributed by atoms with Crippen LogP contribution in [-0.4, -0.2) is 10.9 Å². The number of aromatic nitrogens is 1. The highest BCUT2D eigenvalue weighted by Gasteiger charge is 2.13. The highest BCUT2D eigenvalue weighted by molar-refractivity contribution is 7.09. The van der Waals surface area contributed by atoms with Gasteiger partial charge in [-0.25, -0.2) is 4.39 Å². The van der Waals surface area contributed by atoms with Crippen LogP contribution in [0.4, 0.5) is 4.39 Å². The SMILES string of the molecule is Cc1[nH]c2ccc(F)cc2c1CC(=O)NCc1cccs1. The molecule has 0 radical (unpaired) electrons. The van der Waals surface area contributed by atoms with Crippen molar-refractivity contribution in [3.63, 3.8) is 0 Å². The Morgan fingerprint density at radius 2 is 2.24 bits per heavy atom. The average molecular weight is 302 g/mol. The molecule has 0 saturated heterocycles. The number of nitrogens with one attached hydrogen (secondary N) is 2. The van der Waals surface area contributed by atoms with Gasteiger partial charge in [-0.3, -0.25) is 4.79 Å². The Bertz CT molecular complexity index is 777. The lowest BCUT2D eigenvalue weighted by molar-refractivity contribution is -0.120. The summed E-state index contributed by atoms with van der Waals surface area (Å²) in [6.45, 7) is 2.44. The molecule has 2 heterocycles. The zero-order valence-corrected chi connectivity index (χ0v) is 12.4. The molecular formula is C16H15FN2OS. The number of carbonyl (C=O) groups excluding carboxylic acids is 1. The number of aryl methyl sites for hydroxylation is 1. The third kappa shape index (κ3) is 2.97. The highest BCUT2D eigenvalue weighted by atomic mass is 32.1. The van der Waals surface area contributed by atoms with Crippen LogP contribution >= 0.6 is 11.3 Å². The van der Waals surface area contributed by atoms with Gasteiger partial charge in [0.05, 0.1) is 13.0 Å². The van der Waals surface area contributed by atoms with Gasteiger partial charge in [-0.05, 0) is 42.1 Å². The number of thiophene rings is 1. The van der Waals surface area contributed by atoms with Gasteiger partial charge in [0, 0.05) is 21.5 Å². The summed E-state index contributed by atoms with van der Waals surface area (Å²) in [5, 5.41) is 5.65. The molecule has 0 aliphatic carbocycles. The number of aromatic amines is 1. The third-order valence-corrected chi connectivity index (χ3v) is 4.34. The van der Waals surface area contributed by atoms with Crippen molar-refractivity contribution in [2.45, 2.75) is 19.9 Å². The van der Waals surface area contributed by atoms with E-state index in [1.165, 1.54) is 12.1 Å². The van der Waals surface area contributed by atoms with Crippen LogP contribution in [0.15, 0.2) is 35.7 Å². The molecule has 0 bridgehead atoms. The Hall–Kier alpha value is -2.14. The topological polar surface area (TPSA) is 44.9 Å². The number of benzene rings is 1. The Morgan fingerprint density at radius 1 is 1.38 bits per heavy atom. The molecule has 0 unspecified atom stereocenters. The molecule has 0 aliphatic rings. The van der Waals surface area contributed by atoms with Gasteiger partial charge in [-0.15, -0.1) is 11.3 Å². The van der Waals surface area contributed by atoms with Gasteiger partial charge in [0.25, 0.3) is 0 Å². The summed E-state index contributed by atoms with van der Waals surface area (Å²) < 4.78 is 13.4. The van der Waals surface area contributed by atoms with Crippen LogP contribution < -0.4 is 5.32 Å². The van der Waals surface area contributed by atoms with Gasteiger partial charge in [0.1, 0.15) is 5.82 Å². The minimum absolute atomic E-state index is 0.0586. The number of hydrogen-bond acceptors (Lipinski definition) is 2. The normalized spacial score (nSPS) is 11.0. The molecule has 3 rings (SSSR count). The van der Waals surface area contributed by atoms with Crippen molar-refractivity contribution in [2.75, 3.05) is 0 Å². The molecule has 21 heavy (non-hydrogen) atoms. The van der Waals surface area contributed by atoms with E-state index in [0.29, 0.717) is 6.54 Å². The second-order valence-electron chi connectivity index (χ2n) is 4.95. The minimum atomic E-state index is -0.290. The number of hydrogen-bond donors (Lipinski definition) is 2. The first-order valence-corrected chi connectivity index (χ1v) is 7.57. The molecule has 1 amide bonds. The van der Waals surface area contributed by atoms with E-state index in [-0.39, 0.29) is 18.1 Å². The van der Waals surface area contributed by atoms with E-state index in [9.17, 15) is 9.18 Å². The molecule has 3 aromatic rings. The smallest absolute Gasteiger partial charge is 0.224 e. The first kappa shape index (κ1) is 13.8. The molecule has 3 nitrogen and oxygen atoms in total. The number of H-pyrrole nitrogens is 1. The molecule has 0 aliphatic heterocycles. The fourth-order valence-electron chi connectivity index (χ4n) is 2.40. The number of carbonyl (C=O) groups is 1. The summed E-state index contributed by atoms with van der Waals surface area (Å²) in [7, 11) is 0. The van der Waals surface area contributed by atoms with Crippen LogP contribution in [0, 0.1) is 12.7 Å². The van der Waals surface area contributed by atoms with Gasteiger partial charge in [-0.1, -0.05) is 6.07 Å². The maximum atomic E-state index is 13.4. The van der Waals surface area contributed by atoms with Gasteiger partial charge in [0.15, 0.2) is 0 Å². The van der Waals surface area contributed by atoms with Crippen LogP contribution in [0.2, 0.25) is 0 Å². The molecule has 0 atom stereocenters. The van der Waals surface area contributed by atoms with Crippen molar-refractivity contribution in [3.8, 4) is 0 Å². The summed E-state index contributed by atoms with van der Waals surface area (Å²) in [5.41, 5.74) is 2.62. The van der Waals surface area contributed by atoms with Crippen LogP contribution in [-0.2, 0) is 17.8 Å². The fraction of sp³-hybridized carbons (Fsp3) is 0.188. The highest BCUT2D eigenvalue weighted by Crippen LogP contribution is 2.23. The molecular weight excluding hydrogens is 287 g/mol. The van der Waals surface area contributed by atoms with Crippen molar-refractivity contribution in [2.24, 2.45) is 0 Å². The number of halogens is 1. The maximum Gasteiger partial charge on any atom is 0.224 e. The zero-order chi connectivity index (χ0) is 14.8. The van der Waals surface area contributed by atoms with Crippen LogP contribution in [0.3, 0.4) is 0 Å². The van der Waals surface area contributed by atoms with E-state index in [1.807, 2.05) is 24.4 Å². The Morgan fingerprint density at radius 3 is 3.00 bits per heavy atom.